The van der Waals surface area contributed by atoms with Gasteiger partial charge < -0.3 is 10.2 Å². The minimum absolute atomic E-state index is 0.802. The number of nitrogens with one attached hydrogen (secondary N) is 1. The van der Waals surface area contributed by atoms with Crippen molar-refractivity contribution in [2.75, 3.05) is 26.2 Å². The van der Waals surface area contributed by atoms with Gasteiger partial charge in [-0.05, 0) is 63.5 Å². The Balaban J connectivity index is 1.51. The number of hydrogen-bond acceptors (Lipinski definition) is 2. The second kappa shape index (κ2) is 5.53. The van der Waals surface area contributed by atoms with Crippen LogP contribution in [0.2, 0.25) is 0 Å². The van der Waals surface area contributed by atoms with Crippen molar-refractivity contribution in [2.45, 2.75) is 44.6 Å². The van der Waals surface area contributed by atoms with Gasteiger partial charge in [-0.2, -0.15) is 0 Å². The van der Waals surface area contributed by atoms with Crippen LogP contribution in [0.15, 0.2) is 12.2 Å². The molecule has 0 amide bonds. The number of hydrogen-bond donors (Lipinski definition) is 1. The molecule has 2 heteroatoms. The quantitative estimate of drug-likeness (QED) is 0.755. The summed E-state index contributed by atoms with van der Waals surface area (Å²) in [5.41, 5.74) is 0. The normalized spacial score (nSPS) is 35.8. The van der Waals surface area contributed by atoms with E-state index in [0.29, 0.717) is 0 Å². The summed E-state index contributed by atoms with van der Waals surface area (Å²) < 4.78 is 0. The van der Waals surface area contributed by atoms with E-state index in [0.717, 1.165) is 17.9 Å². The zero-order chi connectivity index (χ0) is 11.5. The highest BCUT2D eigenvalue weighted by atomic mass is 15.2. The number of allylic oxidation sites excluding steroid dienone is 2. The second-order valence-corrected chi connectivity index (χ2v) is 6.16. The molecular weight excluding hydrogens is 208 g/mol. The molecule has 1 aliphatic heterocycles. The minimum atomic E-state index is 0.802. The van der Waals surface area contributed by atoms with Gasteiger partial charge in [0.05, 0.1) is 0 Å². The summed E-state index contributed by atoms with van der Waals surface area (Å²) >= 11 is 0. The predicted octanol–water partition coefficient (Wildman–Crippen LogP) is 2.42. The fourth-order valence-electron chi connectivity index (χ4n) is 3.39. The Bertz CT molecular complexity index is 270. The minimum Gasteiger partial charge on any atom is -0.312 e. The van der Waals surface area contributed by atoms with Crippen LogP contribution in [0, 0.1) is 11.8 Å². The Labute approximate surface area is 105 Å². The summed E-state index contributed by atoms with van der Waals surface area (Å²) in [6, 6.07) is 0.802. The van der Waals surface area contributed by atoms with Gasteiger partial charge in [0.15, 0.2) is 0 Å². The summed E-state index contributed by atoms with van der Waals surface area (Å²) in [4.78, 5) is 2.74. The highest BCUT2D eigenvalue weighted by Gasteiger charge is 2.33. The van der Waals surface area contributed by atoms with E-state index >= 15 is 0 Å². The number of rotatable bonds is 3. The van der Waals surface area contributed by atoms with Gasteiger partial charge >= 0.3 is 0 Å². The molecule has 0 bridgehead atoms. The van der Waals surface area contributed by atoms with Crippen LogP contribution in [0.4, 0.5) is 0 Å². The van der Waals surface area contributed by atoms with Gasteiger partial charge in [-0.25, -0.2) is 0 Å². The third-order valence-electron chi connectivity index (χ3n) is 4.60. The predicted molar refractivity (Wildman–Crippen MR) is 72.1 cm³/mol. The zero-order valence-corrected chi connectivity index (χ0v) is 10.9. The summed E-state index contributed by atoms with van der Waals surface area (Å²) in [5.74, 6) is 1.93. The number of nitrogens with zero attached hydrogens (tertiary/aromatic N) is 1. The Morgan fingerprint density at radius 3 is 2.88 bits per heavy atom. The van der Waals surface area contributed by atoms with E-state index in [1.165, 1.54) is 64.7 Å². The van der Waals surface area contributed by atoms with E-state index in [4.69, 9.17) is 0 Å². The van der Waals surface area contributed by atoms with E-state index in [1.54, 1.807) is 0 Å². The lowest BCUT2D eigenvalue weighted by molar-refractivity contribution is 0.213. The third-order valence-corrected chi connectivity index (χ3v) is 4.60. The Morgan fingerprint density at radius 1 is 1.18 bits per heavy atom. The summed E-state index contributed by atoms with van der Waals surface area (Å²) in [5, 5.41) is 3.76. The maximum absolute atomic E-state index is 3.76. The largest absolute Gasteiger partial charge is 0.312 e. The van der Waals surface area contributed by atoms with E-state index in [2.05, 4.69) is 22.4 Å². The molecule has 17 heavy (non-hydrogen) atoms. The molecule has 0 radical (unpaired) electrons. The molecule has 1 heterocycles. The van der Waals surface area contributed by atoms with Crippen molar-refractivity contribution < 1.29 is 0 Å². The molecule has 96 valence electrons. The van der Waals surface area contributed by atoms with Crippen LogP contribution in [0.1, 0.15) is 38.5 Å². The van der Waals surface area contributed by atoms with Crippen molar-refractivity contribution >= 4 is 0 Å². The summed E-state index contributed by atoms with van der Waals surface area (Å²) in [7, 11) is 0. The van der Waals surface area contributed by atoms with Crippen molar-refractivity contribution in [1.82, 2.24) is 10.2 Å². The fourth-order valence-corrected chi connectivity index (χ4v) is 3.39. The molecule has 3 aliphatic rings. The molecule has 2 atom stereocenters. The summed E-state index contributed by atoms with van der Waals surface area (Å²) in [6.45, 7) is 5.21. The first-order chi connectivity index (χ1) is 8.42. The standard InChI is InChI=1S/C15H26N2/c1-2-5-13(6-3-1)11-17-10-4-9-16-15(12-17)14-7-8-14/h1-2,13-16H,3-12H2. The lowest BCUT2D eigenvalue weighted by Gasteiger charge is -2.29. The molecule has 2 fully saturated rings. The summed E-state index contributed by atoms with van der Waals surface area (Å²) in [6.07, 6.45) is 13.1. The van der Waals surface area contributed by atoms with Crippen molar-refractivity contribution in [3.05, 3.63) is 12.2 Å². The van der Waals surface area contributed by atoms with Crippen LogP contribution in [0.25, 0.3) is 0 Å². The van der Waals surface area contributed by atoms with Crippen LogP contribution in [-0.2, 0) is 0 Å². The van der Waals surface area contributed by atoms with Crippen LogP contribution in [0.5, 0.6) is 0 Å². The van der Waals surface area contributed by atoms with Crippen LogP contribution < -0.4 is 5.32 Å². The van der Waals surface area contributed by atoms with E-state index in [1.807, 2.05) is 0 Å². The van der Waals surface area contributed by atoms with Crippen molar-refractivity contribution in [3.63, 3.8) is 0 Å². The maximum Gasteiger partial charge on any atom is 0.0223 e. The van der Waals surface area contributed by atoms with E-state index < -0.39 is 0 Å². The molecule has 2 aliphatic carbocycles. The maximum atomic E-state index is 3.76. The molecular formula is C15H26N2. The first-order valence-corrected chi connectivity index (χ1v) is 7.52. The molecule has 2 nitrogen and oxygen atoms in total. The van der Waals surface area contributed by atoms with Crippen LogP contribution in [-0.4, -0.2) is 37.1 Å². The van der Waals surface area contributed by atoms with Gasteiger partial charge in [-0.15, -0.1) is 0 Å². The zero-order valence-electron chi connectivity index (χ0n) is 10.9. The first-order valence-electron chi connectivity index (χ1n) is 7.52. The van der Waals surface area contributed by atoms with Gasteiger partial charge in [0, 0.05) is 19.1 Å². The Morgan fingerprint density at radius 2 is 2.12 bits per heavy atom. The van der Waals surface area contributed by atoms with Crippen LogP contribution in [0.3, 0.4) is 0 Å². The first kappa shape index (κ1) is 11.7. The average molecular weight is 234 g/mol. The highest BCUT2D eigenvalue weighted by molar-refractivity contribution is 4.93. The highest BCUT2D eigenvalue weighted by Crippen LogP contribution is 2.33. The molecule has 3 rings (SSSR count). The second-order valence-electron chi connectivity index (χ2n) is 6.16. The molecule has 0 spiro atoms. The Kier molecular flexibility index (Phi) is 3.82. The average Bonchev–Trinajstić information content (AvgIpc) is 3.16. The van der Waals surface area contributed by atoms with Gasteiger partial charge in [0.2, 0.25) is 0 Å². The SMILES string of the molecule is C1=CCC(CN2CCCNC(C3CC3)C2)CC1. The molecule has 2 unspecified atom stereocenters. The fraction of sp³-hybridized carbons (Fsp3) is 0.867. The topological polar surface area (TPSA) is 15.3 Å². The molecule has 1 N–H and O–H groups in total. The molecule has 1 saturated carbocycles. The lowest BCUT2D eigenvalue weighted by Crippen LogP contribution is -2.41. The van der Waals surface area contributed by atoms with Gasteiger partial charge in [-0.1, -0.05) is 12.2 Å². The van der Waals surface area contributed by atoms with Crippen molar-refractivity contribution in [3.8, 4) is 0 Å². The lowest BCUT2D eigenvalue weighted by atomic mass is 9.93. The molecule has 0 aromatic carbocycles. The molecule has 1 saturated heterocycles. The smallest absolute Gasteiger partial charge is 0.0223 e. The Hall–Kier alpha value is -0.340. The van der Waals surface area contributed by atoms with Crippen molar-refractivity contribution in [2.24, 2.45) is 11.8 Å². The molecule has 0 aromatic heterocycles. The van der Waals surface area contributed by atoms with Crippen LogP contribution >= 0.6 is 0 Å². The van der Waals surface area contributed by atoms with E-state index in [-0.39, 0.29) is 0 Å². The van der Waals surface area contributed by atoms with Gasteiger partial charge in [0.1, 0.15) is 0 Å². The molecule has 0 aromatic rings. The van der Waals surface area contributed by atoms with Gasteiger partial charge in [0.25, 0.3) is 0 Å². The van der Waals surface area contributed by atoms with Gasteiger partial charge in [-0.3, -0.25) is 0 Å². The van der Waals surface area contributed by atoms with E-state index in [9.17, 15) is 0 Å². The monoisotopic (exact) mass is 234 g/mol. The van der Waals surface area contributed by atoms with Crippen molar-refractivity contribution in [1.29, 1.82) is 0 Å². The third kappa shape index (κ3) is 3.32.